The van der Waals surface area contributed by atoms with Gasteiger partial charge < -0.3 is 4.43 Å². The normalized spacial score (nSPS) is 10.7. The number of hydrogen-bond donors (Lipinski definition) is 0. The fraction of sp³-hybridized carbons (Fsp3) is 0.0526. The Balaban J connectivity index is 1.83. The minimum Gasteiger partial charge on any atom is -0.540 e. The third kappa shape index (κ3) is 4.17. The van der Waals surface area contributed by atoms with Crippen molar-refractivity contribution in [3.63, 3.8) is 0 Å². The Morgan fingerprint density at radius 2 is 1.26 bits per heavy atom. The van der Waals surface area contributed by atoms with Gasteiger partial charge in [0.2, 0.25) is 0 Å². The lowest BCUT2D eigenvalue weighted by Crippen LogP contribution is -2.16. The summed E-state index contributed by atoms with van der Waals surface area (Å²) in [7, 11) is 0.247. The summed E-state index contributed by atoms with van der Waals surface area (Å²) in [4.78, 5) is 0. The highest BCUT2D eigenvalue weighted by Crippen LogP contribution is 2.28. The number of rotatable bonds is 5. The van der Waals surface area contributed by atoms with Crippen LogP contribution in [0.5, 0.6) is 5.75 Å². The van der Waals surface area contributed by atoms with E-state index in [-0.39, 0.29) is 15.3 Å². The van der Waals surface area contributed by atoms with Crippen LogP contribution in [0.4, 0.5) is 0 Å². The zero-order valence-electron chi connectivity index (χ0n) is 12.2. The Hall–Kier alpha value is -1.74. The molecule has 0 aromatic heterocycles. The molecule has 1 nitrogen and oxygen atoms in total. The first-order valence-corrected chi connectivity index (χ1v) is 8.95. The fourth-order valence-corrected chi connectivity index (χ4v) is 3.61. The Morgan fingerprint density at radius 1 is 0.696 bits per heavy atom. The van der Waals surface area contributed by atoms with Crippen LogP contribution in [0.2, 0.25) is 10.0 Å². The lowest BCUT2D eigenvalue weighted by atomic mass is 10.0. The van der Waals surface area contributed by atoms with Gasteiger partial charge in [-0.25, -0.2) is 0 Å². The molecule has 4 heteroatoms. The average Bonchev–Trinajstić information content (AvgIpc) is 2.60. The van der Waals surface area contributed by atoms with E-state index in [1.165, 1.54) is 11.1 Å². The van der Waals surface area contributed by atoms with E-state index in [1.807, 2.05) is 18.2 Å². The standard InChI is InChI=1S/C19H14Cl2OSi/c20-17-12-11-16(13-18(17)21)22-23-19(14-7-3-1-4-8-14)15-9-5-2-6-10-15/h1-13,19H. The first-order chi connectivity index (χ1) is 11.2. The van der Waals surface area contributed by atoms with Crippen molar-refractivity contribution in [3.05, 3.63) is 100 Å². The highest BCUT2D eigenvalue weighted by atomic mass is 35.5. The van der Waals surface area contributed by atoms with E-state index in [9.17, 15) is 0 Å². The second kappa shape index (κ2) is 7.69. The molecule has 0 spiro atoms. The van der Waals surface area contributed by atoms with Crippen molar-refractivity contribution in [2.75, 3.05) is 0 Å². The predicted octanol–water partition coefficient (Wildman–Crippen LogP) is 5.78. The van der Waals surface area contributed by atoms with Crippen LogP contribution >= 0.6 is 23.2 Å². The maximum absolute atomic E-state index is 6.05. The van der Waals surface area contributed by atoms with Crippen LogP contribution in [0.15, 0.2) is 78.9 Å². The van der Waals surface area contributed by atoms with Crippen LogP contribution in [-0.2, 0) is 0 Å². The Labute approximate surface area is 148 Å². The number of benzene rings is 3. The molecule has 114 valence electrons. The summed E-state index contributed by atoms with van der Waals surface area (Å²) >= 11 is 12.0. The summed E-state index contributed by atoms with van der Waals surface area (Å²) in [6.45, 7) is 0. The molecule has 0 aliphatic carbocycles. The van der Waals surface area contributed by atoms with Crippen molar-refractivity contribution in [1.29, 1.82) is 0 Å². The van der Waals surface area contributed by atoms with E-state index < -0.39 is 0 Å². The van der Waals surface area contributed by atoms with Crippen LogP contribution in [0, 0.1) is 0 Å². The lowest BCUT2D eigenvalue weighted by molar-refractivity contribution is 0.584. The van der Waals surface area contributed by atoms with Gasteiger partial charge in [0.1, 0.15) is 5.75 Å². The monoisotopic (exact) mass is 356 g/mol. The van der Waals surface area contributed by atoms with Gasteiger partial charge in [0.05, 0.1) is 10.0 Å². The molecule has 0 aliphatic rings. The molecule has 0 amide bonds. The zero-order valence-corrected chi connectivity index (χ0v) is 14.8. The summed E-state index contributed by atoms with van der Waals surface area (Å²) in [5.41, 5.74) is 2.65. The molecule has 0 aliphatic heterocycles. The topological polar surface area (TPSA) is 9.23 Å². The van der Waals surface area contributed by atoms with Crippen LogP contribution in [-0.4, -0.2) is 9.76 Å². The van der Waals surface area contributed by atoms with Gasteiger partial charge >= 0.3 is 9.76 Å². The molecule has 0 fully saturated rings. The van der Waals surface area contributed by atoms with E-state index in [1.54, 1.807) is 12.1 Å². The van der Waals surface area contributed by atoms with Crippen LogP contribution in [0.25, 0.3) is 0 Å². The van der Waals surface area contributed by atoms with Crippen molar-refractivity contribution in [2.45, 2.75) is 5.54 Å². The van der Waals surface area contributed by atoms with Crippen LogP contribution < -0.4 is 4.43 Å². The van der Waals surface area contributed by atoms with Crippen molar-refractivity contribution in [3.8, 4) is 5.75 Å². The third-order valence-electron chi connectivity index (χ3n) is 3.45. The van der Waals surface area contributed by atoms with Crippen molar-refractivity contribution in [1.82, 2.24) is 0 Å². The van der Waals surface area contributed by atoms with E-state index in [2.05, 4.69) is 48.5 Å². The summed E-state index contributed by atoms with van der Waals surface area (Å²) < 4.78 is 6.00. The molecular formula is C19H14Cl2OSi. The molecule has 0 saturated heterocycles. The highest BCUT2D eigenvalue weighted by Gasteiger charge is 2.18. The fourth-order valence-electron chi connectivity index (χ4n) is 2.29. The van der Waals surface area contributed by atoms with E-state index >= 15 is 0 Å². The first-order valence-electron chi connectivity index (χ1n) is 7.21. The van der Waals surface area contributed by atoms with E-state index in [0.717, 1.165) is 5.75 Å². The molecule has 3 rings (SSSR count). The SMILES string of the molecule is Clc1ccc(O[Si]C(c2ccccc2)c2ccccc2)cc1Cl. The van der Waals surface area contributed by atoms with Gasteiger partial charge in [0.15, 0.2) is 0 Å². The average molecular weight is 357 g/mol. The summed E-state index contributed by atoms with van der Waals surface area (Å²) in [5, 5.41) is 1.04. The predicted molar refractivity (Wildman–Crippen MR) is 97.6 cm³/mol. The van der Waals surface area contributed by atoms with Gasteiger partial charge in [-0.15, -0.1) is 0 Å². The molecule has 23 heavy (non-hydrogen) atoms. The smallest absolute Gasteiger partial charge is 0.323 e. The molecule has 0 saturated carbocycles. The Morgan fingerprint density at radius 3 is 1.78 bits per heavy atom. The van der Waals surface area contributed by atoms with Gasteiger partial charge in [0, 0.05) is 5.54 Å². The van der Waals surface area contributed by atoms with Gasteiger partial charge in [-0.1, -0.05) is 83.9 Å². The molecule has 0 bridgehead atoms. The maximum Gasteiger partial charge on any atom is 0.323 e. The van der Waals surface area contributed by atoms with Gasteiger partial charge in [-0.3, -0.25) is 0 Å². The van der Waals surface area contributed by atoms with Crippen molar-refractivity contribution in [2.24, 2.45) is 0 Å². The molecule has 0 N–H and O–H groups in total. The van der Waals surface area contributed by atoms with Gasteiger partial charge in [0.25, 0.3) is 0 Å². The van der Waals surface area contributed by atoms with Crippen LogP contribution in [0.1, 0.15) is 16.7 Å². The molecule has 0 heterocycles. The number of halogens is 2. The molecule has 3 aromatic carbocycles. The Bertz CT molecular complexity index is 723. The van der Waals surface area contributed by atoms with Crippen LogP contribution in [0.3, 0.4) is 0 Å². The number of hydrogen-bond acceptors (Lipinski definition) is 1. The molecule has 0 unspecified atom stereocenters. The largest absolute Gasteiger partial charge is 0.540 e. The van der Waals surface area contributed by atoms with Crippen molar-refractivity contribution < 1.29 is 4.43 Å². The van der Waals surface area contributed by atoms with Crippen molar-refractivity contribution >= 4 is 33.0 Å². The molecule has 2 radical (unpaired) electrons. The summed E-state index contributed by atoms with van der Waals surface area (Å²) in [6.07, 6.45) is 0. The highest BCUT2D eigenvalue weighted by molar-refractivity contribution is 6.42. The summed E-state index contributed by atoms with van der Waals surface area (Å²) in [5.74, 6) is 0.731. The zero-order chi connectivity index (χ0) is 16.1. The molecule has 3 aromatic rings. The second-order valence-corrected chi connectivity index (χ2v) is 6.88. The Kier molecular flexibility index (Phi) is 5.39. The maximum atomic E-state index is 6.05. The van der Waals surface area contributed by atoms with E-state index in [4.69, 9.17) is 27.6 Å². The van der Waals surface area contributed by atoms with Gasteiger partial charge in [-0.05, 0) is 29.3 Å². The quantitative estimate of drug-likeness (QED) is 0.526. The van der Waals surface area contributed by atoms with Gasteiger partial charge in [-0.2, -0.15) is 0 Å². The minimum atomic E-state index is 0.187. The summed E-state index contributed by atoms with van der Waals surface area (Å²) in [6, 6.07) is 26.1. The molecule has 0 atom stereocenters. The second-order valence-electron chi connectivity index (χ2n) is 5.05. The minimum absolute atomic E-state index is 0.187. The molecular weight excluding hydrogens is 343 g/mol. The lowest BCUT2D eigenvalue weighted by Gasteiger charge is -2.17. The first kappa shape index (κ1) is 16.1. The van der Waals surface area contributed by atoms with E-state index in [0.29, 0.717) is 10.0 Å². The third-order valence-corrected chi connectivity index (χ3v) is 5.45.